The maximum Gasteiger partial charge on any atom is 0.267 e. The second kappa shape index (κ2) is 4.61. The first-order valence-electron chi connectivity index (χ1n) is 4.94. The molecule has 16 heavy (non-hydrogen) atoms. The molecule has 0 radical (unpaired) electrons. The van der Waals surface area contributed by atoms with Crippen molar-refractivity contribution < 1.29 is 0 Å². The van der Waals surface area contributed by atoms with Crippen LogP contribution in [0.1, 0.15) is 11.3 Å². The second-order valence-corrected chi connectivity index (χ2v) is 4.51. The van der Waals surface area contributed by atoms with Crippen LogP contribution >= 0.6 is 15.9 Å². The fraction of sp³-hybridized carbons (Fsp3) is 0.167. The lowest BCUT2D eigenvalue weighted by Gasteiger charge is -2.05. The summed E-state index contributed by atoms with van der Waals surface area (Å²) in [4.78, 5) is 11.5. The van der Waals surface area contributed by atoms with Gasteiger partial charge in [-0.3, -0.25) is 4.79 Å². The molecule has 0 atom stereocenters. The number of hydrogen-bond donors (Lipinski definition) is 0. The van der Waals surface area contributed by atoms with E-state index in [1.54, 1.807) is 12.1 Å². The molecule has 82 valence electrons. The van der Waals surface area contributed by atoms with Gasteiger partial charge >= 0.3 is 0 Å². The van der Waals surface area contributed by atoms with Crippen molar-refractivity contribution in [1.29, 1.82) is 0 Å². The Morgan fingerprint density at radius 3 is 2.56 bits per heavy atom. The first-order valence-corrected chi connectivity index (χ1v) is 5.74. The maximum atomic E-state index is 11.5. The Kier molecular flexibility index (Phi) is 3.19. The molecule has 0 bridgehead atoms. The van der Waals surface area contributed by atoms with Crippen molar-refractivity contribution in [2.45, 2.75) is 13.5 Å². The van der Waals surface area contributed by atoms with Gasteiger partial charge in [0.1, 0.15) is 0 Å². The van der Waals surface area contributed by atoms with Gasteiger partial charge in [0.15, 0.2) is 0 Å². The first kappa shape index (κ1) is 11.1. The van der Waals surface area contributed by atoms with E-state index in [0.29, 0.717) is 6.54 Å². The molecule has 0 N–H and O–H groups in total. The van der Waals surface area contributed by atoms with Gasteiger partial charge in [-0.05, 0) is 30.7 Å². The van der Waals surface area contributed by atoms with E-state index in [0.717, 1.165) is 15.7 Å². The number of benzene rings is 1. The minimum absolute atomic E-state index is 0.0754. The molecule has 0 aliphatic heterocycles. The third-order valence-corrected chi connectivity index (χ3v) is 2.77. The third kappa shape index (κ3) is 2.58. The van der Waals surface area contributed by atoms with Crippen LogP contribution in [0.4, 0.5) is 0 Å². The zero-order valence-corrected chi connectivity index (χ0v) is 10.4. The number of aromatic nitrogens is 2. The Hall–Kier alpha value is -1.42. The highest BCUT2D eigenvalue weighted by Gasteiger charge is 1.99. The van der Waals surface area contributed by atoms with Crippen molar-refractivity contribution in [3.8, 4) is 0 Å². The Morgan fingerprint density at radius 1 is 1.19 bits per heavy atom. The molecule has 0 saturated carbocycles. The zero-order valence-electron chi connectivity index (χ0n) is 8.85. The Morgan fingerprint density at radius 2 is 1.88 bits per heavy atom. The predicted octanol–water partition coefficient (Wildman–Crippen LogP) is 2.36. The van der Waals surface area contributed by atoms with Crippen LogP contribution in [-0.4, -0.2) is 9.78 Å². The van der Waals surface area contributed by atoms with Gasteiger partial charge in [0.2, 0.25) is 0 Å². The summed E-state index contributed by atoms with van der Waals surface area (Å²) in [5.41, 5.74) is 1.83. The minimum Gasteiger partial charge on any atom is -0.268 e. The Bertz CT molecular complexity index is 546. The average molecular weight is 279 g/mol. The van der Waals surface area contributed by atoms with Crippen LogP contribution in [0.3, 0.4) is 0 Å². The minimum atomic E-state index is -0.0754. The van der Waals surface area contributed by atoms with E-state index in [1.807, 2.05) is 31.2 Å². The lowest BCUT2D eigenvalue weighted by Crippen LogP contribution is -2.22. The average Bonchev–Trinajstić information content (AvgIpc) is 2.27. The fourth-order valence-electron chi connectivity index (χ4n) is 1.43. The highest BCUT2D eigenvalue weighted by atomic mass is 79.9. The zero-order chi connectivity index (χ0) is 11.5. The summed E-state index contributed by atoms with van der Waals surface area (Å²) >= 11 is 3.37. The van der Waals surface area contributed by atoms with Crippen LogP contribution in [0.2, 0.25) is 0 Å². The van der Waals surface area contributed by atoms with Crippen molar-refractivity contribution >= 4 is 15.9 Å². The molecule has 0 unspecified atom stereocenters. The van der Waals surface area contributed by atoms with E-state index in [2.05, 4.69) is 21.0 Å². The first-order chi connectivity index (χ1) is 7.65. The Balaban J connectivity index is 2.30. The normalized spacial score (nSPS) is 10.4. The Labute approximate surface area is 102 Å². The number of aryl methyl sites for hydroxylation is 1. The molecule has 4 heteroatoms. The number of rotatable bonds is 2. The summed E-state index contributed by atoms with van der Waals surface area (Å²) < 4.78 is 2.50. The molecular formula is C12H11BrN2O. The van der Waals surface area contributed by atoms with Gasteiger partial charge in [-0.15, -0.1) is 0 Å². The predicted molar refractivity (Wildman–Crippen MR) is 66.5 cm³/mol. The van der Waals surface area contributed by atoms with E-state index in [-0.39, 0.29) is 5.56 Å². The van der Waals surface area contributed by atoms with Gasteiger partial charge in [0.05, 0.1) is 12.2 Å². The quantitative estimate of drug-likeness (QED) is 0.845. The van der Waals surface area contributed by atoms with Gasteiger partial charge in [0.25, 0.3) is 5.56 Å². The number of halogens is 1. The summed E-state index contributed by atoms with van der Waals surface area (Å²) in [7, 11) is 0. The lowest BCUT2D eigenvalue weighted by atomic mass is 10.2. The molecule has 1 aromatic heterocycles. The van der Waals surface area contributed by atoms with Crippen LogP contribution in [0, 0.1) is 6.92 Å². The molecule has 3 nitrogen and oxygen atoms in total. The smallest absolute Gasteiger partial charge is 0.267 e. The van der Waals surface area contributed by atoms with E-state index >= 15 is 0 Å². The molecule has 0 aliphatic rings. The molecular weight excluding hydrogens is 268 g/mol. The van der Waals surface area contributed by atoms with Crippen molar-refractivity contribution in [3.05, 3.63) is 62.5 Å². The molecule has 1 heterocycles. The standard InChI is InChI=1S/C12H11BrN2O/c1-9-2-7-12(16)15(14-9)8-10-3-5-11(13)6-4-10/h2-7H,8H2,1H3. The fourth-order valence-corrected chi connectivity index (χ4v) is 1.69. The van der Waals surface area contributed by atoms with Crippen LogP contribution in [0.25, 0.3) is 0 Å². The van der Waals surface area contributed by atoms with E-state index in [1.165, 1.54) is 4.68 Å². The summed E-state index contributed by atoms with van der Waals surface area (Å²) in [5, 5.41) is 4.18. The largest absolute Gasteiger partial charge is 0.268 e. The maximum absolute atomic E-state index is 11.5. The topological polar surface area (TPSA) is 34.9 Å². The molecule has 2 aromatic rings. The van der Waals surface area contributed by atoms with Gasteiger partial charge < -0.3 is 0 Å². The lowest BCUT2D eigenvalue weighted by molar-refractivity contribution is 0.628. The SMILES string of the molecule is Cc1ccc(=O)n(Cc2ccc(Br)cc2)n1. The van der Waals surface area contributed by atoms with Gasteiger partial charge in [-0.2, -0.15) is 5.10 Å². The molecule has 2 rings (SSSR count). The van der Waals surface area contributed by atoms with Crippen LogP contribution in [-0.2, 0) is 6.54 Å². The van der Waals surface area contributed by atoms with Crippen LogP contribution in [0.5, 0.6) is 0 Å². The highest BCUT2D eigenvalue weighted by Crippen LogP contribution is 2.10. The van der Waals surface area contributed by atoms with Crippen molar-refractivity contribution in [1.82, 2.24) is 9.78 Å². The molecule has 0 spiro atoms. The van der Waals surface area contributed by atoms with Crippen molar-refractivity contribution in [3.63, 3.8) is 0 Å². The van der Waals surface area contributed by atoms with Crippen molar-refractivity contribution in [2.24, 2.45) is 0 Å². The summed E-state index contributed by atoms with van der Waals surface area (Å²) in [6.45, 7) is 2.38. The van der Waals surface area contributed by atoms with Crippen molar-refractivity contribution in [2.75, 3.05) is 0 Å². The number of hydrogen-bond acceptors (Lipinski definition) is 2. The van der Waals surface area contributed by atoms with Gasteiger partial charge in [-0.25, -0.2) is 4.68 Å². The highest BCUT2D eigenvalue weighted by molar-refractivity contribution is 9.10. The molecule has 0 aliphatic carbocycles. The summed E-state index contributed by atoms with van der Waals surface area (Å²) in [6, 6.07) is 11.1. The summed E-state index contributed by atoms with van der Waals surface area (Å²) in [6.07, 6.45) is 0. The van der Waals surface area contributed by atoms with Gasteiger partial charge in [-0.1, -0.05) is 28.1 Å². The van der Waals surface area contributed by atoms with Gasteiger partial charge in [0, 0.05) is 10.5 Å². The third-order valence-electron chi connectivity index (χ3n) is 2.25. The number of nitrogens with zero attached hydrogens (tertiary/aromatic N) is 2. The van der Waals surface area contributed by atoms with E-state index < -0.39 is 0 Å². The van der Waals surface area contributed by atoms with E-state index in [4.69, 9.17) is 0 Å². The molecule has 0 amide bonds. The van der Waals surface area contributed by atoms with E-state index in [9.17, 15) is 4.79 Å². The summed E-state index contributed by atoms with van der Waals surface area (Å²) in [5.74, 6) is 0. The second-order valence-electron chi connectivity index (χ2n) is 3.60. The molecule has 0 fully saturated rings. The molecule has 1 aromatic carbocycles. The van der Waals surface area contributed by atoms with Crippen LogP contribution < -0.4 is 5.56 Å². The van der Waals surface area contributed by atoms with Crippen LogP contribution in [0.15, 0.2) is 45.7 Å². The monoisotopic (exact) mass is 278 g/mol. The molecule has 0 saturated heterocycles.